The molecule has 0 aliphatic heterocycles. The molecule has 1 aromatic carbocycles. The van der Waals surface area contributed by atoms with Crippen molar-refractivity contribution < 1.29 is 18.5 Å². The van der Waals surface area contributed by atoms with Crippen molar-refractivity contribution in [1.82, 2.24) is 0 Å². The van der Waals surface area contributed by atoms with Crippen molar-refractivity contribution in [3.63, 3.8) is 0 Å². The Morgan fingerprint density at radius 2 is 1.16 bits per heavy atom. The zero-order valence-electron chi connectivity index (χ0n) is 23.1. The quantitative estimate of drug-likeness (QED) is 0.249. The summed E-state index contributed by atoms with van der Waals surface area (Å²) in [4.78, 5) is 0. The van der Waals surface area contributed by atoms with E-state index >= 15 is 0 Å². The van der Waals surface area contributed by atoms with Crippen LogP contribution >= 0.6 is 17.9 Å². The van der Waals surface area contributed by atoms with Gasteiger partial charge in [-0.2, -0.15) is 0 Å². The highest BCUT2D eigenvalue weighted by molar-refractivity contribution is 8.60. The number of hydrogen-bond acceptors (Lipinski definition) is 6. The molecule has 0 saturated heterocycles. The van der Waals surface area contributed by atoms with E-state index in [0.717, 1.165) is 53.4 Å². The summed E-state index contributed by atoms with van der Waals surface area (Å²) in [6.07, 6.45) is 16.8. The van der Waals surface area contributed by atoms with E-state index in [1.54, 1.807) is 14.2 Å². The van der Waals surface area contributed by atoms with E-state index in [0.29, 0.717) is 6.54 Å². The molecule has 0 radical (unpaired) electrons. The van der Waals surface area contributed by atoms with Crippen LogP contribution in [-0.2, 0) is 27.3 Å². The van der Waals surface area contributed by atoms with Crippen LogP contribution in [0.2, 0.25) is 0 Å². The number of benzene rings is 1. The maximum atomic E-state index is 6.75. The molecule has 0 spiro atoms. The summed E-state index contributed by atoms with van der Waals surface area (Å²) in [5.74, 6) is 6.81. The first-order valence-corrected chi connectivity index (χ1v) is 18.6. The maximum Gasteiger partial charge on any atom is 0.245 e. The van der Waals surface area contributed by atoms with Crippen LogP contribution in [0, 0.1) is 35.5 Å². The van der Waals surface area contributed by atoms with E-state index in [-0.39, 0.29) is 11.2 Å². The highest BCUT2D eigenvalue weighted by Crippen LogP contribution is 2.69. The molecule has 0 atom stereocenters. The molecule has 38 heavy (non-hydrogen) atoms. The van der Waals surface area contributed by atoms with Gasteiger partial charge in [-0.15, -0.1) is 0 Å². The standard InChI is InChI=1S/C20H31O2PS2.C10H15NO2/c24-23(25,21-19-7-13-1-14(8-19)3-15(2-13)9-19)22-20-10-16-4-17(11-20)6-18(5-16)12-20;1-12-9-4-3-8(5-6-11)7-10(9)13-2/h13-18H,1-12H2,(H,24,25);3-4,7H,5-6,11H2,1-2H3. The molecule has 0 heterocycles. The SMILES string of the molecule is COc1ccc(CCN)cc1OC.S=P(S)(OC12CC3CC(CC(C3)C1)C2)OC12CC3CC(CC(C3)C1)C2. The average Bonchev–Trinajstić information content (AvgIpc) is 2.81. The zero-order chi connectivity index (χ0) is 26.5. The van der Waals surface area contributed by atoms with Gasteiger partial charge in [-0.3, -0.25) is 0 Å². The van der Waals surface area contributed by atoms with Gasteiger partial charge in [-0.25, -0.2) is 0 Å². The highest BCUT2D eigenvalue weighted by atomic mass is 32.9. The first-order chi connectivity index (χ1) is 18.2. The maximum absolute atomic E-state index is 6.75. The van der Waals surface area contributed by atoms with Crippen molar-refractivity contribution in [2.75, 3.05) is 20.8 Å². The van der Waals surface area contributed by atoms with Crippen molar-refractivity contribution in [2.24, 2.45) is 41.2 Å². The molecule has 8 saturated carbocycles. The number of ether oxygens (including phenoxy) is 2. The second-order valence-electron chi connectivity index (χ2n) is 13.6. The van der Waals surface area contributed by atoms with Crippen molar-refractivity contribution in [3.8, 4) is 11.5 Å². The molecule has 8 heteroatoms. The summed E-state index contributed by atoms with van der Waals surface area (Å²) in [6, 6.07) is 5.84. The van der Waals surface area contributed by atoms with E-state index < -0.39 is 5.69 Å². The number of nitrogens with two attached hydrogens (primary N) is 1. The fourth-order valence-electron chi connectivity index (χ4n) is 10.00. The number of thiol groups is 1. The van der Waals surface area contributed by atoms with Gasteiger partial charge in [-0.05, 0) is 155 Å². The Bertz CT molecular complexity index is 944. The largest absolute Gasteiger partial charge is 0.493 e. The van der Waals surface area contributed by atoms with Crippen LogP contribution in [-0.4, -0.2) is 32.0 Å². The first kappa shape index (κ1) is 27.8. The minimum Gasteiger partial charge on any atom is -0.493 e. The summed E-state index contributed by atoms with van der Waals surface area (Å²) in [6.45, 7) is 0.648. The molecule has 9 rings (SSSR count). The molecule has 1 aromatic rings. The minimum atomic E-state index is -2.46. The van der Waals surface area contributed by atoms with Gasteiger partial charge in [0.25, 0.3) is 0 Å². The van der Waals surface area contributed by atoms with Gasteiger partial charge in [0.2, 0.25) is 5.69 Å². The molecule has 8 aliphatic rings. The molecule has 8 fully saturated rings. The zero-order valence-corrected chi connectivity index (χ0v) is 25.7. The topological polar surface area (TPSA) is 62.9 Å². The number of methoxy groups -OCH3 is 2. The lowest BCUT2D eigenvalue weighted by Gasteiger charge is -2.59. The van der Waals surface area contributed by atoms with E-state index in [1.807, 2.05) is 18.2 Å². The fraction of sp³-hybridized carbons (Fsp3) is 0.800. The molecular weight excluding hydrogens is 533 g/mol. The molecule has 0 amide bonds. The van der Waals surface area contributed by atoms with Crippen LogP contribution in [0.25, 0.3) is 0 Å². The Morgan fingerprint density at radius 1 is 0.763 bits per heavy atom. The lowest BCUT2D eigenvalue weighted by molar-refractivity contribution is -0.131. The molecule has 8 aliphatic carbocycles. The van der Waals surface area contributed by atoms with Crippen LogP contribution in [0.3, 0.4) is 0 Å². The van der Waals surface area contributed by atoms with E-state index in [1.165, 1.54) is 82.6 Å². The van der Waals surface area contributed by atoms with Crippen LogP contribution in [0.1, 0.15) is 82.6 Å². The van der Waals surface area contributed by atoms with Crippen LogP contribution in [0.4, 0.5) is 0 Å². The predicted molar refractivity (Wildman–Crippen MR) is 160 cm³/mol. The van der Waals surface area contributed by atoms with Gasteiger partial charge in [0.05, 0.1) is 25.4 Å². The van der Waals surface area contributed by atoms with Gasteiger partial charge in [0.1, 0.15) is 0 Å². The van der Waals surface area contributed by atoms with E-state index in [4.69, 9.17) is 48.3 Å². The van der Waals surface area contributed by atoms with Gasteiger partial charge >= 0.3 is 0 Å². The van der Waals surface area contributed by atoms with Crippen LogP contribution in [0.5, 0.6) is 11.5 Å². The van der Waals surface area contributed by atoms with Gasteiger partial charge in [-0.1, -0.05) is 18.3 Å². The molecule has 212 valence electrons. The summed E-state index contributed by atoms with van der Waals surface area (Å²) < 4.78 is 23.8. The third kappa shape index (κ3) is 5.85. The Hall–Kier alpha value is -0.300. The lowest BCUT2D eigenvalue weighted by atomic mass is 9.54. The number of rotatable bonds is 8. The van der Waals surface area contributed by atoms with Crippen LogP contribution in [0.15, 0.2) is 18.2 Å². The van der Waals surface area contributed by atoms with Crippen molar-refractivity contribution in [1.29, 1.82) is 0 Å². The van der Waals surface area contributed by atoms with Crippen LogP contribution < -0.4 is 15.2 Å². The van der Waals surface area contributed by atoms with Crippen molar-refractivity contribution in [2.45, 2.75) is 94.7 Å². The first-order valence-electron chi connectivity index (χ1n) is 14.9. The second-order valence-corrected chi connectivity index (χ2v) is 18.7. The minimum absolute atomic E-state index is 0.0221. The van der Waals surface area contributed by atoms with Crippen molar-refractivity contribution in [3.05, 3.63) is 23.8 Å². The fourth-order valence-corrected chi connectivity index (χ4v) is 13.4. The predicted octanol–water partition coefficient (Wildman–Crippen LogP) is 7.32. The molecule has 0 aromatic heterocycles. The lowest BCUT2D eigenvalue weighted by Crippen LogP contribution is -2.53. The molecule has 8 bridgehead atoms. The second kappa shape index (κ2) is 10.8. The molecule has 0 unspecified atom stereocenters. The summed E-state index contributed by atoms with van der Waals surface area (Å²) in [7, 11) is 3.25. The summed E-state index contributed by atoms with van der Waals surface area (Å²) in [5, 5.41) is 0. The van der Waals surface area contributed by atoms with Crippen molar-refractivity contribution >= 4 is 29.7 Å². The molecule has 2 N–H and O–H groups in total. The molecule has 5 nitrogen and oxygen atoms in total. The molecular formula is C30H46NO4PS2. The Labute approximate surface area is 239 Å². The summed E-state index contributed by atoms with van der Waals surface area (Å²) in [5.41, 5.74) is 4.20. The Morgan fingerprint density at radius 3 is 1.50 bits per heavy atom. The average molecular weight is 580 g/mol. The Kier molecular flexibility index (Phi) is 7.94. The highest BCUT2D eigenvalue weighted by Gasteiger charge is 2.56. The normalized spacial score (nSPS) is 41.4. The van der Waals surface area contributed by atoms with E-state index in [2.05, 4.69) is 0 Å². The smallest absolute Gasteiger partial charge is 0.245 e. The summed E-state index contributed by atoms with van der Waals surface area (Å²) >= 11 is 10.8. The van der Waals surface area contributed by atoms with E-state index in [9.17, 15) is 0 Å². The third-order valence-corrected chi connectivity index (χ3v) is 12.6. The van der Waals surface area contributed by atoms with Gasteiger partial charge in [0, 0.05) is 0 Å². The third-order valence-electron chi connectivity index (χ3n) is 10.5. The monoisotopic (exact) mass is 579 g/mol. The van der Waals surface area contributed by atoms with Gasteiger partial charge < -0.3 is 24.3 Å². The van der Waals surface area contributed by atoms with Gasteiger partial charge in [0.15, 0.2) is 11.5 Å². The number of hydrogen-bond donors (Lipinski definition) is 2. The Balaban J connectivity index is 0.000000174.